The summed E-state index contributed by atoms with van der Waals surface area (Å²) in [6, 6.07) is 9.75. The molecular formula is C14H15Cl2N3. The summed E-state index contributed by atoms with van der Waals surface area (Å²) in [5.41, 5.74) is 2.21. The predicted octanol–water partition coefficient (Wildman–Crippen LogP) is 4.74. The van der Waals surface area contributed by atoms with Gasteiger partial charge in [-0.1, -0.05) is 48.3 Å². The Morgan fingerprint density at radius 3 is 2.47 bits per heavy atom. The fourth-order valence-corrected chi connectivity index (χ4v) is 2.31. The zero-order valence-electron chi connectivity index (χ0n) is 10.8. The Labute approximate surface area is 123 Å². The molecule has 1 heterocycles. The first kappa shape index (κ1) is 14.0. The van der Waals surface area contributed by atoms with E-state index in [0.29, 0.717) is 21.7 Å². The standard InChI is InChI=1S/C14H15Cl2N3/c1-3-9-6-4-5-7-12(9)18-14-11(16)8-10(15)13(17-2)19-14/h4-8H,3H2,1-2H3,(H2,17,18,19). The van der Waals surface area contributed by atoms with Gasteiger partial charge in [-0.3, -0.25) is 0 Å². The fraction of sp³-hybridized carbons (Fsp3) is 0.214. The van der Waals surface area contributed by atoms with E-state index in [1.54, 1.807) is 13.1 Å². The number of hydrogen-bond acceptors (Lipinski definition) is 3. The maximum absolute atomic E-state index is 6.17. The fourth-order valence-electron chi connectivity index (χ4n) is 1.81. The first-order valence-electron chi connectivity index (χ1n) is 6.04. The first-order valence-corrected chi connectivity index (χ1v) is 6.80. The van der Waals surface area contributed by atoms with Crippen molar-refractivity contribution in [2.45, 2.75) is 13.3 Å². The molecule has 2 N–H and O–H groups in total. The highest BCUT2D eigenvalue weighted by atomic mass is 35.5. The van der Waals surface area contributed by atoms with Crippen LogP contribution in [0.1, 0.15) is 12.5 Å². The summed E-state index contributed by atoms with van der Waals surface area (Å²) in [4.78, 5) is 4.37. The summed E-state index contributed by atoms with van der Waals surface area (Å²) in [5.74, 6) is 1.19. The Hall–Kier alpha value is -1.45. The van der Waals surface area contributed by atoms with Crippen LogP contribution in [0.15, 0.2) is 30.3 Å². The molecule has 5 heteroatoms. The van der Waals surface area contributed by atoms with E-state index in [2.05, 4.69) is 28.6 Å². The van der Waals surface area contributed by atoms with E-state index in [9.17, 15) is 0 Å². The van der Waals surface area contributed by atoms with E-state index in [1.165, 1.54) is 5.56 Å². The van der Waals surface area contributed by atoms with Crippen molar-refractivity contribution in [2.75, 3.05) is 17.7 Å². The van der Waals surface area contributed by atoms with Gasteiger partial charge >= 0.3 is 0 Å². The minimum atomic E-state index is 0.495. The molecular weight excluding hydrogens is 281 g/mol. The molecule has 0 atom stereocenters. The smallest absolute Gasteiger partial charge is 0.151 e. The molecule has 0 amide bonds. The maximum Gasteiger partial charge on any atom is 0.151 e. The summed E-state index contributed by atoms with van der Waals surface area (Å²) < 4.78 is 0. The Bertz CT molecular complexity index is 585. The second kappa shape index (κ2) is 6.13. The van der Waals surface area contributed by atoms with Crippen LogP contribution >= 0.6 is 23.2 Å². The van der Waals surface area contributed by atoms with Gasteiger partial charge in [0, 0.05) is 12.7 Å². The minimum absolute atomic E-state index is 0.495. The summed E-state index contributed by atoms with van der Waals surface area (Å²) in [7, 11) is 1.77. The zero-order valence-corrected chi connectivity index (χ0v) is 12.3. The minimum Gasteiger partial charge on any atom is -0.372 e. The third kappa shape index (κ3) is 3.11. The van der Waals surface area contributed by atoms with Gasteiger partial charge in [0.05, 0.1) is 10.0 Å². The van der Waals surface area contributed by atoms with Crippen LogP contribution in [0, 0.1) is 0 Å². The lowest BCUT2D eigenvalue weighted by Crippen LogP contribution is -2.01. The van der Waals surface area contributed by atoms with Gasteiger partial charge in [0.25, 0.3) is 0 Å². The quantitative estimate of drug-likeness (QED) is 0.856. The van der Waals surface area contributed by atoms with Crippen molar-refractivity contribution in [3.05, 3.63) is 45.9 Å². The molecule has 0 aliphatic heterocycles. The second-order valence-electron chi connectivity index (χ2n) is 4.03. The Morgan fingerprint density at radius 1 is 1.11 bits per heavy atom. The maximum atomic E-state index is 6.17. The number of rotatable bonds is 4. The molecule has 2 aromatic rings. The van der Waals surface area contributed by atoms with Gasteiger partial charge in [0.1, 0.15) is 5.82 Å². The second-order valence-corrected chi connectivity index (χ2v) is 4.85. The number of hydrogen-bond donors (Lipinski definition) is 2. The number of nitrogens with one attached hydrogen (secondary N) is 2. The van der Waals surface area contributed by atoms with Crippen LogP contribution in [0.5, 0.6) is 0 Å². The van der Waals surface area contributed by atoms with E-state index in [1.807, 2.05) is 18.2 Å². The molecule has 0 spiro atoms. The van der Waals surface area contributed by atoms with Crippen LogP contribution in [0.25, 0.3) is 0 Å². The number of benzene rings is 1. The van der Waals surface area contributed by atoms with Crippen molar-refractivity contribution >= 4 is 40.5 Å². The molecule has 0 aliphatic rings. The molecule has 0 fully saturated rings. The van der Waals surface area contributed by atoms with E-state index in [0.717, 1.165) is 12.1 Å². The van der Waals surface area contributed by atoms with Gasteiger partial charge in [-0.25, -0.2) is 4.98 Å². The van der Waals surface area contributed by atoms with Crippen molar-refractivity contribution in [1.29, 1.82) is 0 Å². The highest BCUT2D eigenvalue weighted by Crippen LogP contribution is 2.31. The Kier molecular flexibility index (Phi) is 4.51. The lowest BCUT2D eigenvalue weighted by Gasteiger charge is -2.13. The number of halogens is 2. The molecule has 19 heavy (non-hydrogen) atoms. The molecule has 0 aliphatic carbocycles. The lowest BCUT2D eigenvalue weighted by atomic mass is 10.1. The lowest BCUT2D eigenvalue weighted by molar-refractivity contribution is 1.14. The zero-order chi connectivity index (χ0) is 13.8. The molecule has 1 aromatic heterocycles. The van der Waals surface area contributed by atoms with Gasteiger partial charge < -0.3 is 10.6 Å². The summed E-state index contributed by atoms with van der Waals surface area (Å²) >= 11 is 12.2. The van der Waals surface area contributed by atoms with Crippen molar-refractivity contribution in [3.8, 4) is 0 Å². The largest absolute Gasteiger partial charge is 0.372 e. The molecule has 3 nitrogen and oxygen atoms in total. The Balaban J connectivity index is 2.38. The highest BCUT2D eigenvalue weighted by Gasteiger charge is 2.09. The number of aryl methyl sites for hydroxylation is 1. The van der Waals surface area contributed by atoms with Crippen LogP contribution in [-0.2, 0) is 6.42 Å². The van der Waals surface area contributed by atoms with Gasteiger partial charge in [0.2, 0.25) is 0 Å². The van der Waals surface area contributed by atoms with Crippen molar-refractivity contribution in [1.82, 2.24) is 4.98 Å². The van der Waals surface area contributed by atoms with E-state index < -0.39 is 0 Å². The summed E-state index contributed by atoms with van der Waals surface area (Å²) in [5, 5.41) is 7.18. The number of para-hydroxylation sites is 1. The van der Waals surface area contributed by atoms with Crippen LogP contribution in [0.4, 0.5) is 17.3 Å². The van der Waals surface area contributed by atoms with E-state index in [-0.39, 0.29) is 0 Å². The van der Waals surface area contributed by atoms with Crippen molar-refractivity contribution in [2.24, 2.45) is 0 Å². The number of nitrogens with zero attached hydrogens (tertiary/aromatic N) is 1. The average molecular weight is 296 g/mol. The van der Waals surface area contributed by atoms with Crippen LogP contribution in [0.3, 0.4) is 0 Å². The molecule has 0 radical (unpaired) electrons. The molecule has 100 valence electrons. The molecule has 0 saturated heterocycles. The van der Waals surface area contributed by atoms with E-state index in [4.69, 9.17) is 23.2 Å². The number of pyridine rings is 1. The van der Waals surface area contributed by atoms with E-state index >= 15 is 0 Å². The number of aromatic nitrogens is 1. The molecule has 0 unspecified atom stereocenters. The van der Waals surface area contributed by atoms with Crippen LogP contribution in [0.2, 0.25) is 10.0 Å². The normalized spacial score (nSPS) is 10.3. The first-order chi connectivity index (χ1) is 9.15. The van der Waals surface area contributed by atoms with Crippen LogP contribution in [-0.4, -0.2) is 12.0 Å². The molecule has 0 saturated carbocycles. The van der Waals surface area contributed by atoms with Crippen molar-refractivity contribution < 1.29 is 0 Å². The average Bonchev–Trinajstić information content (AvgIpc) is 2.42. The summed E-state index contributed by atoms with van der Waals surface area (Å²) in [6.07, 6.45) is 0.938. The summed E-state index contributed by atoms with van der Waals surface area (Å²) in [6.45, 7) is 2.11. The van der Waals surface area contributed by atoms with Crippen LogP contribution < -0.4 is 10.6 Å². The van der Waals surface area contributed by atoms with Gasteiger partial charge in [0.15, 0.2) is 5.82 Å². The van der Waals surface area contributed by atoms with Crippen molar-refractivity contribution in [3.63, 3.8) is 0 Å². The van der Waals surface area contributed by atoms with Gasteiger partial charge in [-0.2, -0.15) is 0 Å². The molecule has 2 rings (SSSR count). The topological polar surface area (TPSA) is 37.0 Å². The van der Waals surface area contributed by atoms with Gasteiger partial charge in [-0.05, 0) is 24.1 Å². The third-order valence-electron chi connectivity index (χ3n) is 2.82. The third-order valence-corrected chi connectivity index (χ3v) is 3.39. The predicted molar refractivity (Wildman–Crippen MR) is 82.9 cm³/mol. The monoisotopic (exact) mass is 295 g/mol. The highest BCUT2D eigenvalue weighted by molar-refractivity contribution is 6.37. The molecule has 0 bridgehead atoms. The molecule has 1 aromatic carbocycles. The number of anilines is 3. The Morgan fingerprint density at radius 2 is 1.79 bits per heavy atom. The SMILES string of the molecule is CCc1ccccc1Nc1nc(NC)c(Cl)cc1Cl. The van der Waals surface area contributed by atoms with Gasteiger partial charge in [-0.15, -0.1) is 0 Å².